The summed E-state index contributed by atoms with van der Waals surface area (Å²) in [4.78, 5) is 0. The second kappa shape index (κ2) is 3.43. The smallest absolute Gasteiger partial charge is 0.104 e. The van der Waals surface area contributed by atoms with Crippen LogP contribution in [-0.2, 0) is 4.74 Å². The molecule has 0 aromatic carbocycles. The van der Waals surface area contributed by atoms with Gasteiger partial charge in [-0.15, -0.1) is 11.8 Å². The average Bonchev–Trinajstić information content (AvgIpc) is 2.00. The first-order valence-corrected chi connectivity index (χ1v) is 6.21. The van der Waals surface area contributed by atoms with Gasteiger partial charge in [-0.25, -0.2) is 0 Å². The van der Waals surface area contributed by atoms with Crippen molar-refractivity contribution in [3.8, 4) is 6.07 Å². The van der Waals surface area contributed by atoms with Crippen LogP contribution < -0.4 is 0 Å². The molecule has 2 nitrogen and oxygen atoms in total. The van der Waals surface area contributed by atoms with Crippen molar-refractivity contribution in [2.24, 2.45) is 11.3 Å². The highest BCUT2D eigenvalue weighted by molar-refractivity contribution is 8.00. The van der Waals surface area contributed by atoms with Crippen LogP contribution >= 0.6 is 11.8 Å². The van der Waals surface area contributed by atoms with Crippen LogP contribution in [0.5, 0.6) is 0 Å². The highest BCUT2D eigenvalue weighted by Crippen LogP contribution is 2.58. The fourth-order valence-electron chi connectivity index (χ4n) is 2.29. The Balaban J connectivity index is 1.86. The van der Waals surface area contributed by atoms with E-state index in [4.69, 9.17) is 4.74 Å². The molecular weight excluding hydrogens is 194 g/mol. The van der Waals surface area contributed by atoms with E-state index in [1.54, 1.807) is 0 Å². The Kier molecular flexibility index (Phi) is 2.53. The second-order valence-electron chi connectivity index (χ2n) is 5.16. The zero-order valence-corrected chi connectivity index (χ0v) is 9.69. The molecule has 1 heterocycles. The lowest BCUT2D eigenvalue weighted by atomic mass is 9.60. The number of hydrogen-bond donors (Lipinski definition) is 0. The Morgan fingerprint density at radius 3 is 2.43 bits per heavy atom. The lowest BCUT2D eigenvalue weighted by Gasteiger charge is -2.57. The zero-order valence-electron chi connectivity index (χ0n) is 8.88. The van der Waals surface area contributed by atoms with Crippen molar-refractivity contribution in [2.75, 3.05) is 19.0 Å². The third kappa shape index (κ3) is 1.66. The summed E-state index contributed by atoms with van der Waals surface area (Å²) in [6.07, 6.45) is 2.10. The molecule has 2 rings (SSSR count). The highest BCUT2D eigenvalue weighted by atomic mass is 32.2. The lowest BCUT2D eigenvalue weighted by molar-refractivity contribution is -0.161. The molecule has 14 heavy (non-hydrogen) atoms. The van der Waals surface area contributed by atoms with Gasteiger partial charge < -0.3 is 4.74 Å². The van der Waals surface area contributed by atoms with Crippen LogP contribution in [0.3, 0.4) is 0 Å². The summed E-state index contributed by atoms with van der Waals surface area (Å²) in [5.74, 6) is 1.78. The number of hydrogen-bond acceptors (Lipinski definition) is 3. The summed E-state index contributed by atoms with van der Waals surface area (Å²) in [6.45, 7) is 6.19. The number of ether oxygens (including phenoxy) is 1. The van der Waals surface area contributed by atoms with E-state index >= 15 is 0 Å². The van der Waals surface area contributed by atoms with Crippen LogP contribution in [0.25, 0.3) is 0 Å². The molecule has 1 aliphatic carbocycles. The van der Waals surface area contributed by atoms with Crippen molar-refractivity contribution < 1.29 is 4.74 Å². The van der Waals surface area contributed by atoms with E-state index in [0.717, 1.165) is 31.8 Å². The van der Waals surface area contributed by atoms with Gasteiger partial charge in [-0.2, -0.15) is 5.26 Å². The Bertz CT molecular complexity index is 257. The second-order valence-corrected chi connectivity index (χ2v) is 6.56. The molecule has 1 aliphatic heterocycles. The first-order valence-electron chi connectivity index (χ1n) is 5.23. The van der Waals surface area contributed by atoms with E-state index < -0.39 is 0 Å². The number of nitriles is 1. The van der Waals surface area contributed by atoms with Gasteiger partial charge in [0.25, 0.3) is 0 Å². The lowest BCUT2D eigenvalue weighted by Crippen LogP contribution is -2.59. The molecule has 0 amide bonds. The van der Waals surface area contributed by atoms with Gasteiger partial charge in [0.05, 0.1) is 19.3 Å². The predicted molar refractivity (Wildman–Crippen MR) is 58.1 cm³/mol. The van der Waals surface area contributed by atoms with E-state index in [0.29, 0.717) is 11.3 Å². The number of nitrogens with zero attached hydrogens (tertiary/aromatic N) is 1. The fourth-order valence-corrected chi connectivity index (χ4v) is 3.83. The van der Waals surface area contributed by atoms with Crippen LogP contribution in [0.4, 0.5) is 0 Å². The van der Waals surface area contributed by atoms with Crippen LogP contribution in [0, 0.1) is 22.7 Å². The van der Waals surface area contributed by atoms with E-state index in [1.165, 1.54) is 0 Å². The maximum absolute atomic E-state index is 9.19. The van der Waals surface area contributed by atoms with Crippen LogP contribution in [0.2, 0.25) is 0 Å². The zero-order chi connectivity index (χ0) is 10.2. The van der Waals surface area contributed by atoms with E-state index in [1.807, 2.05) is 11.8 Å². The van der Waals surface area contributed by atoms with Crippen molar-refractivity contribution in [1.29, 1.82) is 5.26 Å². The van der Waals surface area contributed by atoms with Gasteiger partial charge in [0.1, 0.15) is 4.75 Å². The molecule has 0 aromatic heterocycles. The highest BCUT2D eigenvalue weighted by Gasteiger charge is 2.59. The van der Waals surface area contributed by atoms with E-state index in [2.05, 4.69) is 19.9 Å². The minimum atomic E-state index is -0.0753. The Hall–Kier alpha value is -0.200. The molecular formula is C11H17NOS. The molecule has 0 atom stereocenters. The van der Waals surface area contributed by atoms with Gasteiger partial charge in [0.15, 0.2) is 0 Å². The third-order valence-corrected chi connectivity index (χ3v) is 4.80. The van der Waals surface area contributed by atoms with Gasteiger partial charge in [0, 0.05) is 5.41 Å². The quantitative estimate of drug-likeness (QED) is 0.719. The molecule has 3 heteroatoms. The summed E-state index contributed by atoms with van der Waals surface area (Å²) < 4.78 is 5.15. The van der Waals surface area contributed by atoms with Gasteiger partial charge in [0.2, 0.25) is 0 Å². The van der Waals surface area contributed by atoms with Gasteiger partial charge in [-0.05, 0) is 24.5 Å². The minimum absolute atomic E-state index is 0.0753. The van der Waals surface area contributed by atoms with Crippen molar-refractivity contribution in [2.45, 2.75) is 31.4 Å². The van der Waals surface area contributed by atoms with Crippen molar-refractivity contribution in [1.82, 2.24) is 0 Å². The predicted octanol–water partition coefficient (Wildman–Crippen LogP) is 2.45. The minimum Gasteiger partial charge on any atom is -0.380 e. The fraction of sp³-hybridized carbons (Fsp3) is 0.909. The molecule has 0 bridgehead atoms. The Labute approximate surface area is 90.0 Å². The van der Waals surface area contributed by atoms with Crippen LogP contribution in [0.1, 0.15) is 26.7 Å². The topological polar surface area (TPSA) is 33.0 Å². The van der Waals surface area contributed by atoms with Crippen LogP contribution in [-0.4, -0.2) is 23.7 Å². The van der Waals surface area contributed by atoms with Crippen molar-refractivity contribution in [3.63, 3.8) is 0 Å². The molecule has 1 saturated heterocycles. The Morgan fingerprint density at radius 1 is 1.43 bits per heavy atom. The number of rotatable bonds is 3. The molecule has 2 aliphatic rings. The van der Waals surface area contributed by atoms with Crippen molar-refractivity contribution in [3.05, 3.63) is 0 Å². The normalized spacial score (nSPS) is 26.7. The van der Waals surface area contributed by atoms with Gasteiger partial charge in [-0.1, -0.05) is 13.8 Å². The monoisotopic (exact) mass is 211 g/mol. The largest absolute Gasteiger partial charge is 0.380 e. The first kappa shape index (κ1) is 10.3. The average molecular weight is 211 g/mol. The Morgan fingerprint density at radius 2 is 2.07 bits per heavy atom. The molecule has 78 valence electrons. The standard InChI is InChI=1S/C11H17NOS/c1-9(2)3-14-11(6-12)4-10(5-11)7-13-8-10/h9H,3-5,7-8H2,1-2H3. The van der Waals surface area contributed by atoms with Crippen LogP contribution in [0.15, 0.2) is 0 Å². The first-order chi connectivity index (χ1) is 6.60. The molecule has 0 aromatic rings. The summed E-state index contributed by atoms with van der Waals surface area (Å²) in [5.41, 5.74) is 0.402. The molecule has 0 N–H and O–H groups in total. The summed E-state index contributed by atoms with van der Waals surface area (Å²) in [7, 11) is 0. The summed E-state index contributed by atoms with van der Waals surface area (Å²) in [5, 5.41) is 9.19. The SMILES string of the molecule is CC(C)CSC1(C#N)CC2(COC2)C1. The summed E-state index contributed by atoms with van der Waals surface area (Å²) in [6, 6.07) is 2.50. The van der Waals surface area contributed by atoms with E-state index in [9.17, 15) is 5.26 Å². The van der Waals surface area contributed by atoms with Gasteiger partial charge in [-0.3, -0.25) is 0 Å². The number of thioether (sulfide) groups is 1. The molecule has 2 fully saturated rings. The maximum Gasteiger partial charge on any atom is 0.104 e. The van der Waals surface area contributed by atoms with E-state index in [-0.39, 0.29) is 4.75 Å². The molecule has 1 spiro atoms. The van der Waals surface area contributed by atoms with Gasteiger partial charge >= 0.3 is 0 Å². The summed E-state index contributed by atoms with van der Waals surface area (Å²) >= 11 is 1.85. The molecule has 1 saturated carbocycles. The van der Waals surface area contributed by atoms with Crippen molar-refractivity contribution >= 4 is 11.8 Å². The molecule has 0 radical (unpaired) electrons. The maximum atomic E-state index is 9.19. The molecule has 0 unspecified atom stereocenters. The third-order valence-electron chi connectivity index (χ3n) is 3.03.